The van der Waals surface area contributed by atoms with E-state index in [2.05, 4.69) is 42.7 Å². The number of carbonyl (C=O) groups excluding carboxylic acids is 1. The van der Waals surface area contributed by atoms with Gasteiger partial charge in [0.2, 0.25) is 0 Å². The first-order valence-electron chi connectivity index (χ1n) is 8.89. The summed E-state index contributed by atoms with van der Waals surface area (Å²) in [5.41, 5.74) is 3.46. The second kappa shape index (κ2) is 8.34. The topological polar surface area (TPSA) is 81.7 Å². The standard InChI is InChI=1S/C19H29N3O3/c1-5-22(11-18(23)24)17-9-16(10-17)21-19(25)20-14(4)15-7-12(2)6-13(3)8-15/h6-8,14,16-17H,5,9-11H2,1-4H3,(H,23,24)(H2,20,21,25). The third-order valence-corrected chi connectivity index (χ3v) is 4.80. The van der Waals surface area contributed by atoms with E-state index in [0.717, 1.165) is 18.4 Å². The molecule has 1 aliphatic rings. The van der Waals surface area contributed by atoms with E-state index in [1.54, 1.807) is 0 Å². The second-order valence-corrected chi connectivity index (χ2v) is 7.04. The van der Waals surface area contributed by atoms with Gasteiger partial charge in [-0.1, -0.05) is 36.2 Å². The van der Waals surface area contributed by atoms with E-state index in [9.17, 15) is 9.59 Å². The lowest BCUT2D eigenvalue weighted by molar-refractivity contribution is -0.139. The van der Waals surface area contributed by atoms with Crippen molar-refractivity contribution in [3.63, 3.8) is 0 Å². The molecule has 2 amide bonds. The summed E-state index contributed by atoms with van der Waals surface area (Å²) in [4.78, 5) is 25.0. The number of aryl methyl sites for hydroxylation is 2. The van der Waals surface area contributed by atoms with Crippen molar-refractivity contribution in [1.29, 1.82) is 0 Å². The van der Waals surface area contributed by atoms with Crippen LogP contribution in [0.15, 0.2) is 18.2 Å². The molecule has 2 rings (SSSR count). The van der Waals surface area contributed by atoms with Crippen LogP contribution in [0.1, 0.15) is 49.4 Å². The number of nitrogens with one attached hydrogen (secondary N) is 2. The van der Waals surface area contributed by atoms with Crippen LogP contribution in [0.25, 0.3) is 0 Å². The molecular weight excluding hydrogens is 318 g/mol. The molecule has 25 heavy (non-hydrogen) atoms. The second-order valence-electron chi connectivity index (χ2n) is 7.04. The number of carboxylic acids is 1. The van der Waals surface area contributed by atoms with E-state index in [4.69, 9.17) is 5.11 Å². The lowest BCUT2D eigenvalue weighted by atomic mass is 9.85. The van der Waals surface area contributed by atoms with Crippen LogP contribution < -0.4 is 10.6 Å². The Bertz CT molecular complexity index is 606. The molecule has 1 aromatic carbocycles. The first-order chi connectivity index (χ1) is 11.8. The van der Waals surface area contributed by atoms with Gasteiger partial charge in [0.05, 0.1) is 12.6 Å². The van der Waals surface area contributed by atoms with Crippen LogP contribution in [0, 0.1) is 13.8 Å². The molecule has 0 aromatic heterocycles. The number of aliphatic carboxylic acids is 1. The number of nitrogens with zero attached hydrogens (tertiary/aromatic N) is 1. The number of amides is 2. The number of urea groups is 1. The number of carboxylic acid groups (broad SMARTS) is 1. The van der Waals surface area contributed by atoms with Crippen molar-refractivity contribution in [2.75, 3.05) is 13.1 Å². The highest BCUT2D eigenvalue weighted by atomic mass is 16.4. The van der Waals surface area contributed by atoms with Gasteiger partial charge in [-0.25, -0.2) is 4.79 Å². The van der Waals surface area contributed by atoms with Crippen molar-refractivity contribution < 1.29 is 14.7 Å². The summed E-state index contributed by atoms with van der Waals surface area (Å²) in [6.45, 7) is 8.80. The Balaban J connectivity index is 1.79. The molecule has 1 aliphatic carbocycles. The van der Waals surface area contributed by atoms with Crippen LogP contribution in [0.2, 0.25) is 0 Å². The Morgan fingerprint density at radius 3 is 2.36 bits per heavy atom. The SMILES string of the molecule is CCN(CC(=O)O)C1CC(NC(=O)NC(C)c2cc(C)cc(C)c2)C1. The van der Waals surface area contributed by atoms with Crippen molar-refractivity contribution in [3.8, 4) is 0 Å². The molecule has 1 fully saturated rings. The summed E-state index contributed by atoms with van der Waals surface area (Å²) >= 11 is 0. The molecule has 1 aromatic rings. The predicted molar refractivity (Wildman–Crippen MR) is 97.7 cm³/mol. The van der Waals surface area contributed by atoms with E-state index >= 15 is 0 Å². The third kappa shape index (κ3) is 5.46. The van der Waals surface area contributed by atoms with Crippen LogP contribution >= 0.6 is 0 Å². The zero-order valence-electron chi connectivity index (χ0n) is 15.5. The summed E-state index contributed by atoms with van der Waals surface area (Å²) in [5, 5.41) is 14.9. The first kappa shape index (κ1) is 19.2. The highest BCUT2D eigenvalue weighted by Crippen LogP contribution is 2.25. The van der Waals surface area contributed by atoms with Gasteiger partial charge in [-0.2, -0.15) is 0 Å². The number of rotatable bonds is 7. The van der Waals surface area contributed by atoms with Crippen LogP contribution in [0.3, 0.4) is 0 Å². The Morgan fingerprint density at radius 2 is 1.84 bits per heavy atom. The maximum atomic E-state index is 12.2. The summed E-state index contributed by atoms with van der Waals surface area (Å²) < 4.78 is 0. The summed E-state index contributed by atoms with van der Waals surface area (Å²) in [5.74, 6) is -0.807. The van der Waals surface area contributed by atoms with Crippen LogP contribution in [-0.2, 0) is 4.79 Å². The van der Waals surface area contributed by atoms with Crippen molar-refractivity contribution in [1.82, 2.24) is 15.5 Å². The van der Waals surface area contributed by atoms with Crippen LogP contribution in [0.4, 0.5) is 4.79 Å². The van der Waals surface area contributed by atoms with E-state index in [1.807, 2.05) is 18.7 Å². The summed E-state index contributed by atoms with van der Waals surface area (Å²) in [6.07, 6.45) is 1.60. The largest absolute Gasteiger partial charge is 0.480 e. The maximum absolute atomic E-state index is 12.2. The molecule has 1 unspecified atom stereocenters. The molecule has 0 aliphatic heterocycles. The minimum absolute atomic E-state index is 0.0594. The minimum Gasteiger partial charge on any atom is -0.480 e. The molecule has 0 bridgehead atoms. The quantitative estimate of drug-likeness (QED) is 0.708. The first-order valence-corrected chi connectivity index (χ1v) is 8.89. The van der Waals surface area contributed by atoms with Crippen molar-refractivity contribution in [2.45, 2.75) is 58.7 Å². The zero-order valence-corrected chi connectivity index (χ0v) is 15.5. The number of benzene rings is 1. The van der Waals surface area contributed by atoms with Gasteiger partial charge >= 0.3 is 12.0 Å². The number of likely N-dealkylation sites (N-methyl/N-ethyl adjacent to an activating group) is 1. The Labute approximate surface area is 149 Å². The minimum atomic E-state index is -0.807. The molecule has 0 saturated heterocycles. The van der Waals surface area contributed by atoms with Crippen LogP contribution in [-0.4, -0.2) is 47.2 Å². The molecule has 0 radical (unpaired) electrons. The van der Waals surface area contributed by atoms with Gasteiger partial charge in [0.25, 0.3) is 0 Å². The fourth-order valence-electron chi connectivity index (χ4n) is 3.44. The average Bonchev–Trinajstić information content (AvgIpc) is 2.47. The molecule has 1 atom stereocenters. The molecule has 3 N–H and O–H groups in total. The number of hydrogen-bond donors (Lipinski definition) is 3. The van der Waals surface area contributed by atoms with E-state index in [0.29, 0.717) is 6.54 Å². The maximum Gasteiger partial charge on any atom is 0.317 e. The van der Waals surface area contributed by atoms with Gasteiger partial charge in [0.1, 0.15) is 0 Å². The van der Waals surface area contributed by atoms with Crippen molar-refractivity contribution in [2.24, 2.45) is 0 Å². The van der Waals surface area contributed by atoms with Crippen molar-refractivity contribution in [3.05, 3.63) is 34.9 Å². The lowest BCUT2D eigenvalue weighted by Gasteiger charge is -2.42. The summed E-state index contributed by atoms with van der Waals surface area (Å²) in [6, 6.07) is 6.40. The van der Waals surface area contributed by atoms with Crippen LogP contribution in [0.5, 0.6) is 0 Å². The summed E-state index contributed by atoms with van der Waals surface area (Å²) in [7, 11) is 0. The van der Waals surface area contributed by atoms with Gasteiger partial charge in [-0.15, -0.1) is 0 Å². The Hall–Kier alpha value is -2.08. The lowest BCUT2D eigenvalue weighted by Crippen LogP contribution is -2.56. The predicted octanol–water partition coefficient (Wildman–Crippen LogP) is 2.60. The molecular formula is C19H29N3O3. The molecule has 138 valence electrons. The molecule has 0 spiro atoms. The van der Waals surface area contributed by atoms with Gasteiger partial charge in [0, 0.05) is 12.1 Å². The highest BCUT2D eigenvalue weighted by Gasteiger charge is 2.34. The fraction of sp³-hybridized carbons (Fsp3) is 0.579. The van der Waals surface area contributed by atoms with E-state index in [1.165, 1.54) is 11.1 Å². The number of carbonyl (C=O) groups is 2. The third-order valence-electron chi connectivity index (χ3n) is 4.80. The van der Waals surface area contributed by atoms with Crippen molar-refractivity contribution >= 4 is 12.0 Å². The van der Waals surface area contributed by atoms with Gasteiger partial charge in [-0.3, -0.25) is 9.69 Å². The highest BCUT2D eigenvalue weighted by molar-refractivity contribution is 5.75. The zero-order chi connectivity index (χ0) is 18.6. The normalized spacial score (nSPS) is 20.7. The average molecular weight is 347 g/mol. The monoisotopic (exact) mass is 347 g/mol. The molecule has 6 heteroatoms. The molecule has 1 saturated carbocycles. The van der Waals surface area contributed by atoms with Gasteiger partial charge in [-0.05, 0) is 45.7 Å². The fourth-order valence-corrected chi connectivity index (χ4v) is 3.44. The Kier molecular flexibility index (Phi) is 6.42. The smallest absolute Gasteiger partial charge is 0.317 e. The number of hydrogen-bond acceptors (Lipinski definition) is 3. The molecule has 6 nitrogen and oxygen atoms in total. The van der Waals surface area contributed by atoms with E-state index in [-0.39, 0.29) is 30.7 Å². The Morgan fingerprint density at radius 1 is 1.24 bits per heavy atom. The molecule has 0 heterocycles. The van der Waals surface area contributed by atoms with Gasteiger partial charge < -0.3 is 15.7 Å². The van der Waals surface area contributed by atoms with Gasteiger partial charge in [0.15, 0.2) is 0 Å². The van der Waals surface area contributed by atoms with E-state index < -0.39 is 5.97 Å².